The summed E-state index contributed by atoms with van der Waals surface area (Å²) in [6.07, 6.45) is 7.08. The molecule has 4 aliphatic rings. The molecule has 2 atom stereocenters. The molecule has 1 saturated carbocycles. The second-order valence-electron chi connectivity index (χ2n) is 12.2. The van der Waals surface area contributed by atoms with E-state index < -0.39 is 0 Å². The number of nitrogens with zero attached hydrogens (tertiary/aromatic N) is 7. The van der Waals surface area contributed by atoms with E-state index in [1.807, 2.05) is 16.8 Å². The highest BCUT2D eigenvalue weighted by Crippen LogP contribution is 2.54. The van der Waals surface area contributed by atoms with E-state index in [2.05, 4.69) is 38.0 Å². The summed E-state index contributed by atoms with van der Waals surface area (Å²) in [5, 5.41) is 18.5. The maximum absolute atomic E-state index is 13.8. The van der Waals surface area contributed by atoms with Crippen LogP contribution in [0.1, 0.15) is 64.1 Å². The van der Waals surface area contributed by atoms with E-state index in [1.165, 1.54) is 35.1 Å². The number of carbonyl (C=O) groups is 1. The van der Waals surface area contributed by atoms with Crippen LogP contribution in [-0.2, 0) is 33.3 Å². The van der Waals surface area contributed by atoms with Crippen LogP contribution in [0.4, 0.5) is 17.3 Å². The lowest BCUT2D eigenvalue weighted by Gasteiger charge is -2.31. The Morgan fingerprint density at radius 1 is 1.05 bits per heavy atom. The number of amides is 1. The Morgan fingerprint density at radius 3 is 2.76 bits per heavy atom. The molecule has 0 saturated heterocycles. The number of nitrogens with one attached hydrogen (secondary N) is 1. The Kier molecular flexibility index (Phi) is 5.70. The summed E-state index contributed by atoms with van der Waals surface area (Å²) in [6.45, 7) is 3.44. The van der Waals surface area contributed by atoms with Crippen molar-refractivity contribution in [1.82, 2.24) is 28.8 Å². The van der Waals surface area contributed by atoms with Crippen molar-refractivity contribution in [1.29, 1.82) is 0 Å². The molecule has 4 aromatic rings. The van der Waals surface area contributed by atoms with Gasteiger partial charge in [0.25, 0.3) is 11.5 Å². The largest absolute Gasteiger partial charge is 0.392 e. The highest BCUT2D eigenvalue weighted by atomic mass is 16.3. The Hall–Kier alpha value is -4.22. The minimum atomic E-state index is -0.295. The molecule has 8 rings (SSSR count). The van der Waals surface area contributed by atoms with Crippen LogP contribution in [0.2, 0.25) is 0 Å². The molecule has 2 bridgehead atoms. The number of carbonyl (C=O) groups excluding carboxylic acids is 1. The number of aliphatic hydroxyl groups is 1. The average Bonchev–Trinajstić information content (AvgIpc) is 3.77. The maximum atomic E-state index is 13.8. The molecule has 0 aromatic carbocycles. The van der Waals surface area contributed by atoms with Crippen LogP contribution < -0.4 is 15.8 Å². The van der Waals surface area contributed by atoms with E-state index in [9.17, 15) is 14.7 Å². The summed E-state index contributed by atoms with van der Waals surface area (Å²) in [4.78, 5) is 35.5. The van der Waals surface area contributed by atoms with Crippen LogP contribution in [0.3, 0.4) is 0 Å². The van der Waals surface area contributed by atoms with Crippen molar-refractivity contribution in [2.45, 2.75) is 57.3 Å². The first-order chi connectivity index (χ1) is 20.4. The monoisotopic (exact) mass is 566 g/mol. The molecule has 6 heterocycles. The predicted molar refractivity (Wildman–Crippen MR) is 158 cm³/mol. The number of hydrogen-bond acceptors (Lipinski definition) is 7. The van der Waals surface area contributed by atoms with Gasteiger partial charge in [-0.3, -0.25) is 24.1 Å². The van der Waals surface area contributed by atoms with Crippen LogP contribution in [0.15, 0.2) is 41.5 Å². The van der Waals surface area contributed by atoms with E-state index in [4.69, 9.17) is 0 Å². The molecule has 2 aliphatic heterocycles. The van der Waals surface area contributed by atoms with Gasteiger partial charge in [0.15, 0.2) is 5.82 Å². The molecule has 2 aliphatic carbocycles. The minimum absolute atomic E-state index is 0.0772. The molecular weight excluding hydrogens is 532 g/mol. The summed E-state index contributed by atoms with van der Waals surface area (Å²) < 4.78 is 5.73. The molecule has 0 spiro atoms. The first-order valence-corrected chi connectivity index (χ1v) is 14.8. The smallest absolute Gasteiger partial charge is 0.276 e. The number of pyridine rings is 2. The van der Waals surface area contributed by atoms with Gasteiger partial charge in [-0.1, -0.05) is 0 Å². The van der Waals surface area contributed by atoms with Crippen molar-refractivity contribution >= 4 is 23.2 Å². The lowest BCUT2D eigenvalue weighted by molar-refractivity contribution is 0.0963. The second kappa shape index (κ2) is 9.40. The van der Waals surface area contributed by atoms with Crippen LogP contribution in [-0.4, -0.2) is 59.9 Å². The molecule has 2 N–H and O–H groups in total. The fourth-order valence-corrected chi connectivity index (χ4v) is 7.63. The highest BCUT2D eigenvalue weighted by molar-refractivity contribution is 6.06. The first-order valence-electron chi connectivity index (χ1n) is 14.8. The molecule has 0 radical (unpaired) electrons. The van der Waals surface area contributed by atoms with Crippen LogP contribution in [0.25, 0.3) is 11.1 Å². The summed E-state index contributed by atoms with van der Waals surface area (Å²) in [5.41, 5.74) is 6.76. The van der Waals surface area contributed by atoms with Crippen molar-refractivity contribution in [3.05, 3.63) is 75.2 Å². The van der Waals surface area contributed by atoms with Gasteiger partial charge in [0.1, 0.15) is 17.2 Å². The van der Waals surface area contributed by atoms with Crippen molar-refractivity contribution in [3.8, 4) is 11.1 Å². The van der Waals surface area contributed by atoms with Crippen molar-refractivity contribution in [2.75, 3.05) is 30.4 Å². The van der Waals surface area contributed by atoms with Crippen molar-refractivity contribution in [3.63, 3.8) is 0 Å². The molecule has 1 amide bonds. The second-order valence-corrected chi connectivity index (χ2v) is 12.2. The lowest BCUT2D eigenvalue weighted by atomic mass is 9.98. The molecule has 216 valence electrons. The fraction of sp³-hybridized carbons (Fsp3) is 0.419. The molecule has 4 aromatic heterocycles. The Balaban J connectivity index is 1.14. The number of likely N-dealkylation sites (N-methyl/N-ethyl adjacent to an activating group) is 1. The predicted octanol–water partition coefficient (Wildman–Crippen LogP) is 3.15. The van der Waals surface area contributed by atoms with Crippen molar-refractivity contribution in [2.24, 2.45) is 7.05 Å². The third kappa shape index (κ3) is 3.80. The number of anilines is 3. The summed E-state index contributed by atoms with van der Waals surface area (Å²) in [6, 6.07) is 7.69. The Morgan fingerprint density at radius 2 is 1.90 bits per heavy atom. The van der Waals surface area contributed by atoms with Gasteiger partial charge >= 0.3 is 0 Å². The van der Waals surface area contributed by atoms with Gasteiger partial charge < -0.3 is 19.6 Å². The van der Waals surface area contributed by atoms with E-state index >= 15 is 0 Å². The number of hydrogen-bond donors (Lipinski definition) is 2. The van der Waals surface area contributed by atoms with Gasteiger partial charge in [0.05, 0.1) is 18.8 Å². The number of aromatic nitrogens is 5. The number of aryl methyl sites for hydroxylation is 1. The number of rotatable bonds is 5. The van der Waals surface area contributed by atoms with E-state index in [0.717, 1.165) is 48.7 Å². The van der Waals surface area contributed by atoms with Gasteiger partial charge in [-0.25, -0.2) is 4.98 Å². The maximum Gasteiger partial charge on any atom is 0.276 e. The normalized spacial score (nSPS) is 21.0. The van der Waals surface area contributed by atoms with Gasteiger partial charge in [0.2, 0.25) is 0 Å². The first kappa shape index (κ1) is 25.5. The Labute approximate surface area is 243 Å². The third-order valence-electron chi connectivity index (χ3n) is 9.63. The van der Waals surface area contributed by atoms with Gasteiger partial charge in [-0.15, -0.1) is 0 Å². The number of aliphatic hydroxyl groups excluding tert-OH is 1. The number of fused-ring (bicyclic) bond motifs is 8. The van der Waals surface area contributed by atoms with E-state index in [0.29, 0.717) is 41.3 Å². The summed E-state index contributed by atoms with van der Waals surface area (Å²) in [7, 11) is 3.79. The third-order valence-corrected chi connectivity index (χ3v) is 9.63. The zero-order valence-corrected chi connectivity index (χ0v) is 23.9. The molecule has 1 fully saturated rings. The van der Waals surface area contributed by atoms with Crippen LogP contribution >= 0.6 is 0 Å². The van der Waals surface area contributed by atoms with Crippen molar-refractivity contribution < 1.29 is 9.90 Å². The Bertz CT molecular complexity index is 1820. The topological polar surface area (TPSA) is 113 Å². The van der Waals surface area contributed by atoms with Gasteiger partial charge in [-0.05, 0) is 61.6 Å². The van der Waals surface area contributed by atoms with Crippen LogP contribution in [0.5, 0.6) is 0 Å². The van der Waals surface area contributed by atoms with E-state index in [1.54, 1.807) is 30.4 Å². The zero-order valence-electron chi connectivity index (χ0n) is 23.9. The minimum Gasteiger partial charge on any atom is -0.392 e. The SMILES string of the molecule is CN1CCn2nc(Nc3cc(-c4ccnc(N5CCn6c(cc7c6[C@@H]6CC[C@H]7C6)C5=O)c4CO)cn(C)c3=O)cc2C1. The standard InChI is InChI=1S/C31H34N8O3/c1-35-7-10-39-21(16-35)13-27(34-39)33-25-12-20(15-36(2)30(25)41)22-5-6-32-29(24(22)17-40)38-9-8-37-26(31(38)42)14-23-18-3-4-19(11-18)28(23)37/h5-6,12-15,18-19,40H,3-4,7-11,16-17H2,1-2H3,(H,33,34)/t18-,19+/m0/s1. The van der Waals surface area contributed by atoms with Gasteiger partial charge in [0, 0.05) is 74.4 Å². The molecular formula is C31H34N8O3. The molecule has 0 unspecified atom stereocenters. The summed E-state index contributed by atoms with van der Waals surface area (Å²) >= 11 is 0. The molecule has 11 nitrogen and oxygen atoms in total. The lowest BCUT2D eigenvalue weighted by Crippen LogP contribution is -2.41. The quantitative estimate of drug-likeness (QED) is 0.382. The van der Waals surface area contributed by atoms with E-state index in [-0.39, 0.29) is 18.1 Å². The molecule has 11 heteroatoms. The fourth-order valence-electron chi connectivity index (χ4n) is 7.63. The summed E-state index contributed by atoms with van der Waals surface area (Å²) in [5.74, 6) is 2.17. The van der Waals surface area contributed by atoms with Gasteiger partial charge in [-0.2, -0.15) is 5.10 Å². The average molecular weight is 567 g/mol. The highest BCUT2D eigenvalue weighted by Gasteiger charge is 2.43. The molecule has 42 heavy (non-hydrogen) atoms. The zero-order chi connectivity index (χ0) is 28.7. The van der Waals surface area contributed by atoms with Crippen LogP contribution in [0, 0.1) is 0 Å².